The van der Waals surface area contributed by atoms with Crippen LogP contribution in [0.2, 0.25) is 0 Å². The molecule has 0 spiro atoms. The molecule has 0 saturated heterocycles. The molecule has 186 valence electrons. The van der Waals surface area contributed by atoms with E-state index in [9.17, 15) is 18.0 Å². The van der Waals surface area contributed by atoms with Crippen molar-refractivity contribution in [2.45, 2.75) is 38.8 Å². The van der Waals surface area contributed by atoms with Gasteiger partial charge in [-0.1, -0.05) is 24.6 Å². The minimum Gasteiger partial charge on any atom is -0.493 e. The monoisotopic (exact) mass is 490 g/mol. The van der Waals surface area contributed by atoms with Crippen molar-refractivity contribution in [3.05, 3.63) is 53.3 Å². The largest absolute Gasteiger partial charge is 0.493 e. The first-order valence-corrected chi connectivity index (χ1v) is 11.2. The van der Waals surface area contributed by atoms with Crippen LogP contribution in [0.4, 0.5) is 13.2 Å². The molecular weight excluding hydrogens is 465 g/mol. The van der Waals surface area contributed by atoms with Crippen molar-refractivity contribution in [3.8, 4) is 11.5 Å². The normalized spacial score (nSPS) is 11.8. The van der Waals surface area contributed by atoms with Crippen molar-refractivity contribution in [1.82, 2.24) is 10.1 Å². The van der Waals surface area contributed by atoms with E-state index in [1.807, 2.05) is 25.1 Å². The van der Waals surface area contributed by atoms with Gasteiger partial charge < -0.3 is 23.7 Å². The number of alkyl halides is 3. The SMILES string of the molecule is CCCc1c(OCCCOc2cccc3[nH]cc(CC(=O)OC)c23)ccc2c(C(F)(F)F)noc12. The fraction of sp³-hybridized carbons (Fsp3) is 0.360. The van der Waals surface area contributed by atoms with E-state index in [4.69, 9.17) is 18.7 Å². The molecule has 0 aliphatic heterocycles. The molecule has 0 fully saturated rings. The van der Waals surface area contributed by atoms with E-state index in [0.29, 0.717) is 49.5 Å². The van der Waals surface area contributed by atoms with Crippen LogP contribution < -0.4 is 9.47 Å². The number of carbonyl (C=O) groups is 1. The van der Waals surface area contributed by atoms with E-state index >= 15 is 0 Å². The Bertz CT molecular complexity index is 1330. The zero-order chi connectivity index (χ0) is 25.0. The lowest BCUT2D eigenvalue weighted by molar-refractivity contribution is -0.141. The molecule has 0 bridgehead atoms. The Hall–Kier alpha value is -3.69. The van der Waals surface area contributed by atoms with Gasteiger partial charge in [0.25, 0.3) is 0 Å². The number of rotatable bonds is 10. The molecule has 0 saturated carbocycles. The summed E-state index contributed by atoms with van der Waals surface area (Å²) in [6, 6.07) is 8.43. The molecule has 1 N–H and O–H groups in total. The van der Waals surface area contributed by atoms with Gasteiger partial charge in [-0.3, -0.25) is 4.79 Å². The van der Waals surface area contributed by atoms with Crippen molar-refractivity contribution in [3.63, 3.8) is 0 Å². The summed E-state index contributed by atoms with van der Waals surface area (Å²) >= 11 is 0. The summed E-state index contributed by atoms with van der Waals surface area (Å²) in [5.41, 5.74) is 1.26. The van der Waals surface area contributed by atoms with Crippen molar-refractivity contribution in [2.75, 3.05) is 20.3 Å². The lowest BCUT2D eigenvalue weighted by Crippen LogP contribution is -2.08. The number of esters is 1. The van der Waals surface area contributed by atoms with Crippen LogP contribution in [-0.4, -0.2) is 36.4 Å². The number of fused-ring (bicyclic) bond motifs is 2. The Morgan fingerprint density at radius 1 is 1.11 bits per heavy atom. The summed E-state index contributed by atoms with van der Waals surface area (Å²) in [4.78, 5) is 14.8. The molecule has 0 unspecified atom stereocenters. The van der Waals surface area contributed by atoms with Gasteiger partial charge in [-0.05, 0) is 36.2 Å². The standard InChI is InChI=1S/C25H25F3N2O5/c1-3-6-16-19(10-9-17-23(16)35-30-24(17)25(26,27)28)33-11-5-12-34-20-8-4-7-18-22(20)15(14-29-18)13-21(31)32-2/h4,7-10,14,29H,3,5-6,11-13H2,1-2H3. The highest BCUT2D eigenvalue weighted by atomic mass is 19.4. The second kappa shape index (κ2) is 10.3. The first-order chi connectivity index (χ1) is 16.8. The molecule has 35 heavy (non-hydrogen) atoms. The van der Waals surface area contributed by atoms with Gasteiger partial charge in [0.1, 0.15) is 11.5 Å². The second-order valence-corrected chi connectivity index (χ2v) is 7.99. The zero-order valence-corrected chi connectivity index (χ0v) is 19.3. The van der Waals surface area contributed by atoms with Crippen LogP contribution in [0.1, 0.15) is 36.6 Å². The molecular formula is C25H25F3N2O5. The predicted octanol–water partition coefficient (Wildman–Crippen LogP) is 5.84. The number of benzene rings is 2. The fourth-order valence-corrected chi connectivity index (χ4v) is 4.00. The van der Waals surface area contributed by atoms with Gasteiger partial charge in [-0.15, -0.1) is 0 Å². The van der Waals surface area contributed by atoms with Crippen molar-refractivity contribution in [1.29, 1.82) is 0 Å². The van der Waals surface area contributed by atoms with Crippen LogP contribution in [0, 0.1) is 0 Å². The lowest BCUT2D eigenvalue weighted by atomic mass is 10.0. The van der Waals surface area contributed by atoms with Gasteiger partial charge in [0.2, 0.25) is 0 Å². The third-order valence-corrected chi connectivity index (χ3v) is 5.58. The highest BCUT2D eigenvalue weighted by Crippen LogP contribution is 2.38. The topological polar surface area (TPSA) is 86.6 Å². The molecule has 4 rings (SSSR count). The van der Waals surface area contributed by atoms with Crippen LogP contribution in [0.15, 0.2) is 41.1 Å². The molecule has 2 aromatic carbocycles. The molecule has 0 atom stereocenters. The molecule has 10 heteroatoms. The first-order valence-electron chi connectivity index (χ1n) is 11.2. The van der Waals surface area contributed by atoms with Gasteiger partial charge in [0.15, 0.2) is 11.3 Å². The number of halogens is 3. The Balaban J connectivity index is 1.42. The number of carbonyl (C=O) groups excluding carboxylic acids is 1. The summed E-state index contributed by atoms with van der Waals surface area (Å²) in [6.45, 7) is 2.56. The van der Waals surface area contributed by atoms with Gasteiger partial charge in [0.05, 0.1) is 32.1 Å². The summed E-state index contributed by atoms with van der Waals surface area (Å²) in [7, 11) is 1.34. The number of nitrogens with zero attached hydrogens (tertiary/aromatic N) is 1. The van der Waals surface area contributed by atoms with Gasteiger partial charge in [-0.25, -0.2) is 0 Å². The average Bonchev–Trinajstić information content (AvgIpc) is 3.45. The van der Waals surface area contributed by atoms with E-state index < -0.39 is 11.9 Å². The van der Waals surface area contributed by atoms with E-state index in [-0.39, 0.29) is 23.4 Å². The number of aryl methyl sites for hydroxylation is 1. The number of H-pyrrole nitrogens is 1. The molecule has 7 nitrogen and oxygen atoms in total. The van der Waals surface area contributed by atoms with Crippen molar-refractivity contribution >= 4 is 27.8 Å². The Morgan fingerprint density at radius 3 is 2.60 bits per heavy atom. The summed E-state index contributed by atoms with van der Waals surface area (Å²) in [6.07, 6.45) is -0.977. The van der Waals surface area contributed by atoms with Crippen LogP contribution in [-0.2, 0) is 28.5 Å². The number of hydrogen-bond acceptors (Lipinski definition) is 6. The van der Waals surface area contributed by atoms with Crippen LogP contribution in [0.5, 0.6) is 11.5 Å². The van der Waals surface area contributed by atoms with E-state index in [0.717, 1.165) is 16.5 Å². The fourth-order valence-electron chi connectivity index (χ4n) is 4.00. The minimum absolute atomic E-state index is 0.0704. The first kappa shape index (κ1) is 24.4. The zero-order valence-electron chi connectivity index (χ0n) is 19.3. The molecule has 0 aliphatic rings. The lowest BCUT2D eigenvalue weighted by Gasteiger charge is -2.13. The van der Waals surface area contributed by atoms with Crippen LogP contribution >= 0.6 is 0 Å². The molecule has 0 radical (unpaired) electrons. The highest BCUT2D eigenvalue weighted by Gasteiger charge is 2.37. The summed E-state index contributed by atoms with van der Waals surface area (Å²) < 4.78 is 61.2. The van der Waals surface area contributed by atoms with E-state index in [1.54, 1.807) is 6.20 Å². The number of ether oxygens (including phenoxy) is 3. The summed E-state index contributed by atoms with van der Waals surface area (Å²) in [5.74, 6) is 0.762. The molecule has 0 aliphatic carbocycles. The van der Waals surface area contributed by atoms with E-state index in [2.05, 4.69) is 10.1 Å². The van der Waals surface area contributed by atoms with Gasteiger partial charge in [-0.2, -0.15) is 13.2 Å². The van der Waals surface area contributed by atoms with Crippen molar-refractivity contribution < 1.29 is 36.7 Å². The third kappa shape index (κ3) is 5.21. The number of methoxy groups -OCH3 is 1. The minimum atomic E-state index is -4.59. The molecule has 0 amide bonds. The summed E-state index contributed by atoms with van der Waals surface area (Å²) in [5, 5.41) is 3.99. The predicted molar refractivity (Wildman–Crippen MR) is 123 cm³/mol. The van der Waals surface area contributed by atoms with Gasteiger partial charge >= 0.3 is 12.1 Å². The molecule has 2 heterocycles. The van der Waals surface area contributed by atoms with Crippen LogP contribution in [0.25, 0.3) is 21.9 Å². The van der Waals surface area contributed by atoms with Crippen molar-refractivity contribution in [2.24, 2.45) is 0 Å². The van der Waals surface area contributed by atoms with E-state index in [1.165, 1.54) is 19.2 Å². The van der Waals surface area contributed by atoms with Gasteiger partial charge in [0, 0.05) is 29.1 Å². The molecule has 2 aromatic heterocycles. The Kier molecular flexibility index (Phi) is 7.18. The number of hydrogen-bond donors (Lipinski definition) is 1. The quantitative estimate of drug-likeness (QED) is 0.222. The number of aromatic amines is 1. The second-order valence-electron chi connectivity index (χ2n) is 7.99. The van der Waals surface area contributed by atoms with Crippen LogP contribution in [0.3, 0.4) is 0 Å². The maximum atomic E-state index is 13.2. The third-order valence-electron chi connectivity index (χ3n) is 5.58. The Morgan fingerprint density at radius 2 is 1.89 bits per heavy atom. The maximum absolute atomic E-state index is 13.2. The number of nitrogens with one attached hydrogen (secondary N) is 1. The smallest absolute Gasteiger partial charge is 0.437 e. The molecule has 4 aromatic rings. The Labute approximate surface area is 199 Å². The highest BCUT2D eigenvalue weighted by molar-refractivity contribution is 5.92. The average molecular weight is 490 g/mol. The number of aromatic nitrogens is 2. The maximum Gasteiger partial charge on any atom is 0.437 e.